The monoisotopic (exact) mass is 304 g/mol. The van der Waals surface area contributed by atoms with Gasteiger partial charge in [-0.25, -0.2) is 0 Å². The first-order chi connectivity index (χ1) is 10.7. The molecule has 0 heterocycles. The number of nitrogens with zero attached hydrogens (tertiary/aromatic N) is 1. The number of carbonyl (C=O) groups is 1. The Labute approximate surface area is 133 Å². The first-order valence-electron chi connectivity index (χ1n) is 8.28. The van der Waals surface area contributed by atoms with Gasteiger partial charge in [0.25, 0.3) is 0 Å². The predicted molar refractivity (Wildman–Crippen MR) is 90.1 cm³/mol. The molecular weight excluding hydrogens is 276 g/mol. The summed E-state index contributed by atoms with van der Waals surface area (Å²) >= 11 is 0. The van der Waals surface area contributed by atoms with Crippen molar-refractivity contribution in [2.24, 2.45) is 0 Å². The number of anilines is 1. The maximum Gasteiger partial charge on any atom is 0.222 e. The molecule has 0 radical (unpaired) electrons. The lowest BCUT2D eigenvalue weighted by atomic mass is 9.94. The highest BCUT2D eigenvalue weighted by Gasteiger charge is 2.18. The van der Waals surface area contributed by atoms with Crippen LogP contribution in [0.4, 0.5) is 5.69 Å². The lowest BCUT2D eigenvalue weighted by molar-refractivity contribution is -0.122. The van der Waals surface area contributed by atoms with Gasteiger partial charge >= 0.3 is 0 Å². The zero-order chi connectivity index (χ0) is 15.8. The summed E-state index contributed by atoms with van der Waals surface area (Å²) in [4.78, 5) is 14.0. The van der Waals surface area contributed by atoms with Gasteiger partial charge in [0.05, 0.1) is 6.61 Å². The van der Waals surface area contributed by atoms with Gasteiger partial charge < -0.3 is 15.0 Å². The number of benzene rings is 1. The molecule has 1 fully saturated rings. The molecule has 0 saturated heterocycles. The fourth-order valence-electron chi connectivity index (χ4n) is 3.01. The molecule has 0 atom stereocenters. The van der Waals surface area contributed by atoms with Gasteiger partial charge in [-0.2, -0.15) is 0 Å². The summed E-state index contributed by atoms with van der Waals surface area (Å²) < 4.78 is 4.90. The standard InChI is InChI=1S/C18H28N2O2/c1-20(16-6-4-3-5-7-16)17-10-8-15(9-11-17)14-19-18(21)12-13-22-2/h8-11,16H,3-7,12-14H2,1-2H3,(H,19,21). The molecule has 2 rings (SSSR count). The van der Waals surface area contributed by atoms with E-state index in [1.807, 2.05) is 0 Å². The second kappa shape index (κ2) is 8.79. The first kappa shape index (κ1) is 16.8. The highest BCUT2D eigenvalue weighted by Crippen LogP contribution is 2.26. The summed E-state index contributed by atoms with van der Waals surface area (Å²) in [6.45, 7) is 1.05. The van der Waals surface area contributed by atoms with Crippen LogP contribution in [0.2, 0.25) is 0 Å². The summed E-state index contributed by atoms with van der Waals surface area (Å²) in [5, 5.41) is 2.91. The van der Waals surface area contributed by atoms with E-state index >= 15 is 0 Å². The van der Waals surface area contributed by atoms with Crippen molar-refractivity contribution in [2.45, 2.75) is 51.1 Å². The number of nitrogens with one attached hydrogen (secondary N) is 1. The fraction of sp³-hybridized carbons (Fsp3) is 0.611. The first-order valence-corrected chi connectivity index (χ1v) is 8.28. The molecule has 1 aliphatic rings. The number of hydrogen-bond acceptors (Lipinski definition) is 3. The minimum absolute atomic E-state index is 0.0326. The van der Waals surface area contributed by atoms with E-state index < -0.39 is 0 Å². The van der Waals surface area contributed by atoms with Crippen molar-refractivity contribution in [3.8, 4) is 0 Å². The summed E-state index contributed by atoms with van der Waals surface area (Å²) in [5.74, 6) is 0.0326. The molecule has 1 aromatic carbocycles. The Morgan fingerprint density at radius 2 is 1.91 bits per heavy atom. The minimum atomic E-state index is 0.0326. The van der Waals surface area contributed by atoms with Gasteiger partial charge in [-0.1, -0.05) is 31.4 Å². The molecule has 1 amide bonds. The molecule has 0 bridgehead atoms. The number of amides is 1. The van der Waals surface area contributed by atoms with E-state index in [9.17, 15) is 4.79 Å². The Kier molecular flexibility index (Phi) is 6.72. The highest BCUT2D eigenvalue weighted by atomic mass is 16.5. The topological polar surface area (TPSA) is 41.6 Å². The van der Waals surface area contributed by atoms with E-state index in [2.05, 4.69) is 41.5 Å². The van der Waals surface area contributed by atoms with Crippen LogP contribution in [-0.2, 0) is 16.1 Å². The van der Waals surface area contributed by atoms with Gasteiger partial charge in [0.15, 0.2) is 0 Å². The number of hydrogen-bond donors (Lipinski definition) is 1. The maximum absolute atomic E-state index is 11.6. The maximum atomic E-state index is 11.6. The van der Waals surface area contributed by atoms with Crippen LogP contribution < -0.4 is 10.2 Å². The van der Waals surface area contributed by atoms with Crippen LogP contribution in [0.5, 0.6) is 0 Å². The zero-order valence-corrected chi connectivity index (χ0v) is 13.8. The summed E-state index contributed by atoms with van der Waals surface area (Å²) in [7, 11) is 3.80. The molecule has 4 nitrogen and oxygen atoms in total. The SMILES string of the molecule is COCCC(=O)NCc1ccc(N(C)C2CCCCC2)cc1. The number of ether oxygens (including phenoxy) is 1. The molecule has 122 valence electrons. The van der Waals surface area contributed by atoms with Crippen LogP contribution >= 0.6 is 0 Å². The number of methoxy groups -OCH3 is 1. The summed E-state index contributed by atoms with van der Waals surface area (Å²) in [5.41, 5.74) is 2.40. The average molecular weight is 304 g/mol. The van der Waals surface area contributed by atoms with E-state index in [1.165, 1.54) is 37.8 Å². The third-order valence-corrected chi connectivity index (χ3v) is 4.49. The lowest BCUT2D eigenvalue weighted by Crippen LogP contribution is -2.33. The van der Waals surface area contributed by atoms with Crippen molar-refractivity contribution < 1.29 is 9.53 Å². The molecule has 1 saturated carbocycles. The molecule has 1 N–H and O–H groups in total. The van der Waals surface area contributed by atoms with E-state index in [-0.39, 0.29) is 5.91 Å². The van der Waals surface area contributed by atoms with Crippen LogP contribution in [-0.4, -0.2) is 32.7 Å². The van der Waals surface area contributed by atoms with E-state index in [0.29, 0.717) is 25.6 Å². The largest absolute Gasteiger partial charge is 0.384 e. The predicted octanol–water partition coefficient (Wildman–Crippen LogP) is 3.11. The van der Waals surface area contributed by atoms with Gasteiger partial charge in [0.1, 0.15) is 0 Å². The smallest absolute Gasteiger partial charge is 0.222 e. The molecule has 1 aliphatic carbocycles. The molecule has 0 spiro atoms. The average Bonchev–Trinajstić information content (AvgIpc) is 2.58. The Balaban J connectivity index is 1.83. The molecule has 0 aliphatic heterocycles. The molecule has 0 unspecified atom stereocenters. The molecule has 22 heavy (non-hydrogen) atoms. The van der Waals surface area contributed by atoms with Crippen LogP contribution in [0.1, 0.15) is 44.1 Å². The Morgan fingerprint density at radius 3 is 2.55 bits per heavy atom. The molecule has 1 aromatic rings. The molecule has 4 heteroatoms. The summed E-state index contributed by atoms with van der Waals surface area (Å²) in [6, 6.07) is 9.20. The normalized spacial score (nSPS) is 15.5. The minimum Gasteiger partial charge on any atom is -0.384 e. The van der Waals surface area contributed by atoms with Gasteiger partial charge in [-0.15, -0.1) is 0 Å². The second-order valence-electron chi connectivity index (χ2n) is 6.09. The molecule has 0 aromatic heterocycles. The van der Waals surface area contributed by atoms with Crippen molar-refractivity contribution in [3.63, 3.8) is 0 Å². The van der Waals surface area contributed by atoms with Crippen molar-refractivity contribution in [3.05, 3.63) is 29.8 Å². The number of rotatable bonds is 7. The van der Waals surface area contributed by atoms with Gasteiger partial charge in [-0.05, 0) is 30.5 Å². The van der Waals surface area contributed by atoms with E-state index in [1.54, 1.807) is 7.11 Å². The second-order valence-corrected chi connectivity index (χ2v) is 6.09. The zero-order valence-electron chi connectivity index (χ0n) is 13.8. The Bertz CT molecular complexity index is 453. The van der Waals surface area contributed by atoms with Crippen LogP contribution in [0.15, 0.2) is 24.3 Å². The Morgan fingerprint density at radius 1 is 1.23 bits per heavy atom. The molecular formula is C18H28N2O2. The van der Waals surface area contributed by atoms with Crippen molar-refractivity contribution >= 4 is 11.6 Å². The third-order valence-electron chi connectivity index (χ3n) is 4.49. The lowest BCUT2D eigenvalue weighted by Gasteiger charge is -2.33. The quantitative estimate of drug-likeness (QED) is 0.841. The highest BCUT2D eigenvalue weighted by molar-refractivity contribution is 5.75. The van der Waals surface area contributed by atoms with Crippen molar-refractivity contribution in [1.29, 1.82) is 0 Å². The van der Waals surface area contributed by atoms with Gasteiger partial charge in [0, 0.05) is 38.9 Å². The summed E-state index contributed by atoms with van der Waals surface area (Å²) in [6.07, 6.45) is 7.09. The van der Waals surface area contributed by atoms with Crippen LogP contribution in [0.25, 0.3) is 0 Å². The fourth-order valence-corrected chi connectivity index (χ4v) is 3.01. The van der Waals surface area contributed by atoms with Gasteiger partial charge in [-0.3, -0.25) is 4.79 Å². The van der Waals surface area contributed by atoms with Crippen molar-refractivity contribution in [2.75, 3.05) is 25.7 Å². The van der Waals surface area contributed by atoms with Crippen molar-refractivity contribution in [1.82, 2.24) is 5.32 Å². The van der Waals surface area contributed by atoms with Gasteiger partial charge in [0.2, 0.25) is 5.91 Å². The number of carbonyl (C=O) groups excluding carboxylic acids is 1. The van der Waals surface area contributed by atoms with Crippen LogP contribution in [0, 0.1) is 0 Å². The van der Waals surface area contributed by atoms with Crippen LogP contribution in [0.3, 0.4) is 0 Å². The van der Waals surface area contributed by atoms with E-state index in [0.717, 1.165) is 5.56 Å². The third kappa shape index (κ3) is 5.02. The Hall–Kier alpha value is -1.55. The van der Waals surface area contributed by atoms with E-state index in [4.69, 9.17) is 4.74 Å².